The minimum absolute atomic E-state index is 0.448. The molecular formula is C12H12ClN3O. The quantitative estimate of drug-likeness (QED) is 0.714. The van der Waals surface area contributed by atoms with Gasteiger partial charge in [0.25, 0.3) is 0 Å². The number of hydrogen-bond acceptors (Lipinski definition) is 4. The van der Waals surface area contributed by atoms with Crippen molar-refractivity contribution < 1.29 is 4.74 Å². The molecule has 17 heavy (non-hydrogen) atoms. The Labute approximate surface area is 104 Å². The van der Waals surface area contributed by atoms with Crippen molar-refractivity contribution in [3.8, 4) is 11.5 Å². The summed E-state index contributed by atoms with van der Waals surface area (Å²) < 4.78 is 5.58. The van der Waals surface area contributed by atoms with E-state index in [2.05, 4.69) is 0 Å². The molecule has 4 nitrogen and oxygen atoms in total. The fourth-order valence-electron chi connectivity index (χ4n) is 1.36. The first-order chi connectivity index (χ1) is 8.06. The van der Waals surface area contributed by atoms with E-state index in [1.807, 2.05) is 0 Å². The van der Waals surface area contributed by atoms with E-state index in [1.54, 1.807) is 36.4 Å². The molecule has 0 aliphatic rings. The van der Waals surface area contributed by atoms with Gasteiger partial charge in [0, 0.05) is 23.5 Å². The van der Waals surface area contributed by atoms with Crippen LogP contribution in [0.3, 0.4) is 0 Å². The zero-order valence-electron chi connectivity index (χ0n) is 8.98. The summed E-state index contributed by atoms with van der Waals surface area (Å²) in [7, 11) is 0. The summed E-state index contributed by atoms with van der Waals surface area (Å²) in [6.07, 6.45) is 0. The third-order valence-corrected chi connectivity index (χ3v) is 2.53. The van der Waals surface area contributed by atoms with Crippen LogP contribution in [0.1, 0.15) is 0 Å². The number of nitrogens with two attached hydrogens (primary N) is 3. The second-order valence-corrected chi connectivity index (χ2v) is 4.00. The van der Waals surface area contributed by atoms with Gasteiger partial charge in [-0.25, -0.2) is 0 Å². The highest BCUT2D eigenvalue weighted by Gasteiger charge is 2.07. The van der Waals surface area contributed by atoms with Crippen LogP contribution in [-0.2, 0) is 0 Å². The van der Waals surface area contributed by atoms with Crippen LogP contribution < -0.4 is 21.9 Å². The first-order valence-corrected chi connectivity index (χ1v) is 5.32. The SMILES string of the molecule is Nc1ccc(N)c(Oc2cc(N)ccc2Cl)c1. The average molecular weight is 250 g/mol. The molecule has 0 unspecified atom stereocenters. The Morgan fingerprint density at radius 1 is 0.824 bits per heavy atom. The molecule has 0 saturated heterocycles. The molecule has 0 aliphatic carbocycles. The van der Waals surface area contributed by atoms with Crippen molar-refractivity contribution >= 4 is 28.7 Å². The minimum Gasteiger partial charge on any atom is -0.453 e. The summed E-state index contributed by atoms with van der Waals surface area (Å²) in [5.41, 5.74) is 18.7. The van der Waals surface area contributed by atoms with Gasteiger partial charge in [0.1, 0.15) is 5.75 Å². The van der Waals surface area contributed by atoms with Gasteiger partial charge >= 0.3 is 0 Å². The van der Waals surface area contributed by atoms with Gasteiger partial charge in [0.05, 0.1) is 10.7 Å². The fourth-order valence-corrected chi connectivity index (χ4v) is 1.51. The first-order valence-electron chi connectivity index (χ1n) is 4.94. The number of hydrogen-bond donors (Lipinski definition) is 3. The number of anilines is 3. The van der Waals surface area contributed by atoms with Gasteiger partial charge in [-0.3, -0.25) is 0 Å². The largest absolute Gasteiger partial charge is 0.453 e. The Hall–Kier alpha value is -2.07. The number of ether oxygens (including phenoxy) is 1. The molecular weight excluding hydrogens is 238 g/mol. The maximum atomic E-state index is 5.99. The molecule has 0 heterocycles. The smallest absolute Gasteiger partial charge is 0.152 e. The minimum atomic E-state index is 0.448. The summed E-state index contributed by atoms with van der Waals surface area (Å²) in [6.45, 7) is 0. The topological polar surface area (TPSA) is 87.3 Å². The maximum Gasteiger partial charge on any atom is 0.152 e. The van der Waals surface area contributed by atoms with Crippen molar-refractivity contribution in [2.45, 2.75) is 0 Å². The van der Waals surface area contributed by atoms with E-state index in [9.17, 15) is 0 Å². The van der Waals surface area contributed by atoms with E-state index in [0.717, 1.165) is 0 Å². The van der Waals surface area contributed by atoms with Crippen molar-refractivity contribution in [3.63, 3.8) is 0 Å². The molecule has 0 radical (unpaired) electrons. The number of rotatable bonds is 2. The molecule has 6 N–H and O–H groups in total. The first kappa shape index (κ1) is 11.4. The monoisotopic (exact) mass is 249 g/mol. The zero-order chi connectivity index (χ0) is 12.4. The Balaban J connectivity index is 2.37. The van der Waals surface area contributed by atoms with Gasteiger partial charge in [-0.2, -0.15) is 0 Å². The molecule has 0 fully saturated rings. The van der Waals surface area contributed by atoms with Crippen LogP contribution in [0.5, 0.6) is 11.5 Å². The normalized spacial score (nSPS) is 10.2. The van der Waals surface area contributed by atoms with E-state index >= 15 is 0 Å². The van der Waals surface area contributed by atoms with E-state index in [0.29, 0.717) is 33.6 Å². The highest BCUT2D eigenvalue weighted by atomic mass is 35.5. The predicted octanol–water partition coefficient (Wildman–Crippen LogP) is 2.88. The summed E-state index contributed by atoms with van der Waals surface area (Å²) >= 11 is 5.99. The Morgan fingerprint density at radius 2 is 1.41 bits per heavy atom. The molecule has 2 aromatic rings. The lowest BCUT2D eigenvalue weighted by Crippen LogP contribution is -1.95. The highest BCUT2D eigenvalue weighted by Crippen LogP contribution is 2.34. The zero-order valence-corrected chi connectivity index (χ0v) is 9.74. The third-order valence-electron chi connectivity index (χ3n) is 2.21. The van der Waals surface area contributed by atoms with Crippen LogP contribution in [0.25, 0.3) is 0 Å². The molecule has 0 atom stereocenters. The van der Waals surface area contributed by atoms with E-state index < -0.39 is 0 Å². The van der Waals surface area contributed by atoms with E-state index in [4.69, 9.17) is 33.5 Å². The fraction of sp³-hybridized carbons (Fsp3) is 0. The van der Waals surface area contributed by atoms with Gasteiger partial charge < -0.3 is 21.9 Å². The van der Waals surface area contributed by atoms with Gasteiger partial charge in [0.2, 0.25) is 0 Å². The molecule has 5 heteroatoms. The Bertz CT molecular complexity index is 508. The molecule has 0 saturated carbocycles. The maximum absolute atomic E-state index is 5.99. The second-order valence-electron chi connectivity index (χ2n) is 3.59. The molecule has 0 spiro atoms. The average Bonchev–Trinajstić information content (AvgIpc) is 2.28. The molecule has 0 amide bonds. The molecule has 2 rings (SSSR count). The number of halogens is 1. The van der Waals surface area contributed by atoms with Gasteiger partial charge in [-0.1, -0.05) is 11.6 Å². The van der Waals surface area contributed by atoms with Crippen molar-refractivity contribution in [1.29, 1.82) is 0 Å². The molecule has 88 valence electrons. The summed E-state index contributed by atoms with van der Waals surface area (Å²) in [5.74, 6) is 0.904. The number of benzene rings is 2. The van der Waals surface area contributed by atoms with Crippen molar-refractivity contribution in [3.05, 3.63) is 41.4 Å². The van der Waals surface area contributed by atoms with Crippen molar-refractivity contribution in [2.75, 3.05) is 17.2 Å². The Morgan fingerprint density at radius 3 is 2.12 bits per heavy atom. The summed E-state index contributed by atoms with van der Waals surface area (Å²) in [6, 6.07) is 9.99. The lowest BCUT2D eigenvalue weighted by Gasteiger charge is -2.11. The molecule has 0 aromatic heterocycles. The van der Waals surface area contributed by atoms with Crippen LogP contribution in [0, 0.1) is 0 Å². The van der Waals surface area contributed by atoms with Crippen LogP contribution in [0.15, 0.2) is 36.4 Å². The molecule has 0 bridgehead atoms. The predicted molar refractivity (Wildman–Crippen MR) is 71.2 cm³/mol. The third kappa shape index (κ3) is 2.54. The van der Waals surface area contributed by atoms with Gasteiger partial charge in [0.15, 0.2) is 5.75 Å². The second kappa shape index (κ2) is 4.43. The van der Waals surface area contributed by atoms with Crippen LogP contribution >= 0.6 is 11.6 Å². The van der Waals surface area contributed by atoms with Crippen LogP contribution in [0.2, 0.25) is 5.02 Å². The van der Waals surface area contributed by atoms with E-state index in [1.165, 1.54) is 0 Å². The molecule has 0 aliphatic heterocycles. The highest BCUT2D eigenvalue weighted by molar-refractivity contribution is 6.32. The van der Waals surface area contributed by atoms with Gasteiger partial charge in [-0.15, -0.1) is 0 Å². The van der Waals surface area contributed by atoms with Crippen LogP contribution in [0.4, 0.5) is 17.1 Å². The lowest BCUT2D eigenvalue weighted by atomic mass is 10.2. The van der Waals surface area contributed by atoms with E-state index in [-0.39, 0.29) is 0 Å². The summed E-state index contributed by atoms with van der Waals surface area (Å²) in [5, 5.41) is 0.459. The lowest BCUT2D eigenvalue weighted by molar-refractivity contribution is 0.486. The number of nitrogen functional groups attached to an aromatic ring is 3. The standard InChI is InChI=1S/C12H12ClN3O/c13-9-3-1-7(14)5-11(9)17-12-6-8(15)2-4-10(12)16/h1-6H,14-16H2. The molecule has 2 aromatic carbocycles. The Kier molecular flexibility index (Phi) is 2.97. The summed E-state index contributed by atoms with van der Waals surface area (Å²) in [4.78, 5) is 0. The van der Waals surface area contributed by atoms with Crippen molar-refractivity contribution in [2.24, 2.45) is 0 Å². The van der Waals surface area contributed by atoms with Gasteiger partial charge in [-0.05, 0) is 24.3 Å². The van der Waals surface area contributed by atoms with Crippen LogP contribution in [-0.4, -0.2) is 0 Å². The van der Waals surface area contributed by atoms with Crippen molar-refractivity contribution in [1.82, 2.24) is 0 Å².